The number of hydrogen-bond donors (Lipinski definition) is 0. The molecule has 34 heavy (non-hydrogen) atoms. The van der Waals surface area contributed by atoms with Gasteiger partial charge in [-0.25, -0.2) is 0 Å². The van der Waals surface area contributed by atoms with E-state index in [1.807, 2.05) is 25.1 Å². The Balaban J connectivity index is 1.37. The van der Waals surface area contributed by atoms with Crippen LogP contribution in [0.4, 0.5) is 5.69 Å². The molecule has 5 aliphatic rings. The van der Waals surface area contributed by atoms with Crippen LogP contribution in [0.15, 0.2) is 53.0 Å². The summed E-state index contributed by atoms with van der Waals surface area (Å²) in [6.45, 7) is 1.75. The number of hydrogen-bond acceptors (Lipinski definition) is 3. The molecule has 1 aliphatic heterocycles. The number of carbonyl (C=O) groups is 3. The van der Waals surface area contributed by atoms with Gasteiger partial charge in [-0.05, 0) is 79.0 Å². The molecule has 2 saturated carbocycles. The monoisotopic (exact) mass is 558 g/mol. The van der Waals surface area contributed by atoms with Gasteiger partial charge in [-0.2, -0.15) is 0 Å². The lowest BCUT2D eigenvalue weighted by molar-refractivity contribution is -0.140. The summed E-state index contributed by atoms with van der Waals surface area (Å²) in [5.74, 6) is 0.0148. The van der Waals surface area contributed by atoms with Crippen molar-refractivity contribution in [2.24, 2.45) is 35.5 Å². The summed E-state index contributed by atoms with van der Waals surface area (Å²) >= 11 is 15.7. The maximum Gasteiger partial charge on any atom is 0.259 e. The fourth-order valence-electron chi connectivity index (χ4n) is 6.26. The van der Waals surface area contributed by atoms with Gasteiger partial charge in [0.2, 0.25) is 11.8 Å². The lowest BCUT2D eigenvalue weighted by Gasteiger charge is -2.37. The number of anilines is 1. The Morgan fingerprint density at radius 3 is 2.24 bits per heavy atom. The second kappa shape index (κ2) is 7.94. The van der Waals surface area contributed by atoms with Crippen LogP contribution in [0.2, 0.25) is 10.0 Å². The van der Waals surface area contributed by atoms with Crippen LogP contribution in [-0.4, -0.2) is 29.3 Å². The molecule has 174 valence electrons. The minimum atomic E-state index is -0.358. The molecule has 0 radical (unpaired) electrons. The topological polar surface area (TPSA) is 57.7 Å². The fraction of sp³-hybridized carbons (Fsp3) is 0.346. The molecule has 4 aliphatic carbocycles. The Hall–Kier alpha value is -2.15. The van der Waals surface area contributed by atoms with Gasteiger partial charge < -0.3 is 0 Å². The minimum Gasteiger partial charge on any atom is -0.289 e. The number of likely N-dealkylation sites (tertiary alicyclic amines) is 1. The van der Waals surface area contributed by atoms with Crippen molar-refractivity contribution in [3.63, 3.8) is 0 Å². The quantitative estimate of drug-likeness (QED) is 0.355. The smallest absolute Gasteiger partial charge is 0.259 e. The van der Waals surface area contributed by atoms with Crippen LogP contribution in [0.1, 0.15) is 22.3 Å². The van der Waals surface area contributed by atoms with Crippen LogP contribution in [-0.2, 0) is 9.59 Å². The van der Waals surface area contributed by atoms with Crippen molar-refractivity contribution >= 4 is 62.5 Å². The summed E-state index contributed by atoms with van der Waals surface area (Å²) in [4.78, 5) is 43.6. The van der Waals surface area contributed by atoms with E-state index in [-0.39, 0.29) is 53.1 Å². The predicted molar refractivity (Wildman–Crippen MR) is 134 cm³/mol. The van der Waals surface area contributed by atoms with Gasteiger partial charge in [-0.15, -0.1) is 0 Å². The molecule has 0 N–H and O–H groups in total. The van der Waals surface area contributed by atoms with Crippen molar-refractivity contribution in [3.05, 3.63) is 74.2 Å². The summed E-state index contributed by atoms with van der Waals surface area (Å²) in [6.07, 6.45) is 5.40. The number of carbonyl (C=O) groups excluding carboxylic acids is 3. The fourth-order valence-corrected chi connectivity index (χ4v) is 7.03. The molecular weight excluding hydrogens is 539 g/mol. The van der Waals surface area contributed by atoms with Gasteiger partial charge in [0.05, 0.1) is 21.9 Å². The number of imide groups is 1. The lowest BCUT2D eigenvalue weighted by atomic mass is 9.63. The van der Waals surface area contributed by atoms with Crippen LogP contribution in [0.25, 0.3) is 0 Å². The minimum absolute atomic E-state index is 0.134. The van der Waals surface area contributed by atoms with Crippen molar-refractivity contribution in [2.45, 2.75) is 13.3 Å². The van der Waals surface area contributed by atoms with Crippen LogP contribution in [0.3, 0.4) is 0 Å². The van der Waals surface area contributed by atoms with Crippen LogP contribution >= 0.6 is 39.1 Å². The zero-order chi connectivity index (χ0) is 23.9. The zero-order valence-corrected chi connectivity index (χ0v) is 21.3. The van der Waals surface area contributed by atoms with E-state index < -0.39 is 0 Å². The van der Waals surface area contributed by atoms with Gasteiger partial charge in [0.1, 0.15) is 6.67 Å². The predicted octanol–water partition coefficient (Wildman–Crippen LogP) is 5.72. The molecule has 5 nitrogen and oxygen atoms in total. The van der Waals surface area contributed by atoms with Gasteiger partial charge in [0.15, 0.2) is 0 Å². The van der Waals surface area contributed by atoms with Crippen molar-refractivity contribution in [2.75, 3.05) is 11.6 Å². The Labute approximate surface area is 215 Å². The standard InChI is InChI=1S/C26H21BrCl2N2O3/c1-12-8-14(27)3-7-21(12)30(24(32)13-2-6-19(28)20(29)9-13)11-31-25(33)22-15-4-5-16(18-10-17(15)18)23(22)26(31)34/h2-9,15-18,22-23H,10-11H2,1H3/t15-,16-,17-,18+,22+,23-/m1/s1. The molecule has 1 heterocycles. The SMILES string of the molecule is Cc1cc(Br)ccc1N(CN1C(=O)[C@@H]2[C@@H]3C=C[C@H]([C@H]4C[C@@H]34)[C@@H]2C1=O)C(=O)c1ccc(Cl)c(Cl)c1. The van der Waals surface area contributed by atoms with E-state index in [2.05, 4.69) is 28.1 Å². The average Bonchev–Trinajstić information content (AvgIpc) is 3.59. The van der Waals surface area contributed by atoms with Crippen molar-refractivity contribution in [1.82, 2.24) is 4.90 Å². The Bertz CT molecular complexity index is 1260. The maximum atomic E-state index is 13.7. The molecule has 2 aromatic rings. The van der Waals surface area contributed by atoms with E-state index in [1.54, 1.807) is 12.1 Å². The first-order valence-electron chi connectivity index (χ1n) is 11.3. The summed E-state index contributed by atoms with van der Waals surface area (Å²) in [5.41, 5.74) is 1.79. The third-order valence-corrected chi connectivity index (χ3v) is 9.13. The van der Waals surface area contributed by atoms with E-state index >= 15 is 0 Å². The highest BCUT2D eigenvalue weighted by Gasteiger charge is 2.67. The second-order valence-corrected chi connectivity index (χ2v) is 11.4. The number of nitrogens with zero attached hydrogens (tertiary/aromatic N) is 2. The number of aryl methyl sites for hydroxylation is 1. The van der Waals surface area contributed by atoms with E-state index in [4.69, 9.17) is 23.2 Å². The van der Waals surface area contributed by atoms with Crippen LogP contribution < -0.4 is 4.90 Å². The lowest BCUT2D eigenvalue weighted by Crippen LogP contribution is -2.45. The zero-order valence-electron chi connectivity index (χ0n) is 18.3. The average molecular weight is 560 g/mol. The molecule has 6 atom stereocenters. The van der Waals surface area contributed by atoms with E-state index in [1.165, 1.54) is 15.9 Å². The summed E-state index contributed by atoms with van der Waals surface area (Å²) in [7, 11) is 0. The van der Waals surface area contributed by atoms with Crippen molar-refractivity contribution < 1.29 is 14.4 Å². The highest BCUT2D eigenvalue weighted by atomic mass is 79.9. The molecule has 3 amide bonds. The number of amides is 3. The Kier molecular flexibility index (Phi) is 5.21. The molecule has 2 bridgehead atoms. The van der Waals surface area contributed by atoms with Gasteiger partial charge in [-0.1, -0.05) is 51.3 Å². The molecule has 3 fully saturated rings. The number of rotatable bonds is 4. The summed E-state index contributed by atoms with van der Waals surface area (Å²) in [6, 6.07) is 10.2. The largest absolute Gasteiger partial charge is 0.289 e. The summed E-state index contributed by atoms with van der Waals surface area (Å²) < 4.78 is 0.872. The van der Waals surface area contributed by atoms with E-state index in [0.29, 0.717) is 28.1 Å². The number of halogens is 3. The van der Waals surface area contributed by atoms with Gasteiger partial charge >= 0.3 is 0 Å². The Morgan fingerprint density at radius 1 is 1.00 bits per heavy atom. The van der Waals surface area contributed by atoms with Crippen LogP contribution in [0, 0.1) is 42.4 Å². The normalized spacial score (nSPS) is 30.4. The van der Waals surface area contributed by atoms with Gasteiger partial charge in [-0.3, -0.25) is 24.2 Å². The first kappa shape index (κ1) is 22.3. The molecule has 0 spiro atoms. The molecule has 7 rings (SSSR count). The molecule has 0 unspecified atom stereocenters. The highest BCUT2D eigenvalue weighted by molar-refractivity contribution is 9.10. The van der Waals surface area contributed by atoms with E-state index in [0.717, 1.165) is 16.5 Å². The third-order valence-electron chi connectivity index (χ3n) is 7.90. The highest BCUT2D eigenvalue weighted by Crippen LogP contribution is 2.65. The van der Waals surface area contributed by atoms with Crippen molar-refractivity contribution in [3.8, 4) is 0 Å². The van der Waals surface area contributed by atoms with Gasteiger partial charge in [0, 0.05) is 15.7 Å². The van der Waals surface area contributed by atoms with Crippen LogP contribution in [0.5, 0.6) is 0 Å². The first-order chi connectivity index (χ1) is 16.3. The third kappa shape index (κ3) is 3.29. The second-order valence-electron chi connectivity index (χ2n) is 9.69. The van der Waals surface area contributed by atoms with Crippen molar-refractivity contribution in [1.29, 1.82) is 0 Å². The molecule has 8 heteroatoms. The first-order valence-corrected chi connectivity index (χ1v) is 12.9. The maximum absolute atomic E-state index is 13.7. The number of benzene rings is 2. The molecule has 2 aromatic carbocycles. The van der Waals surface area contributed by atoms with E-state index in [9.17, 15) is 14.4 Å². The van der Waals surface area contributed by atoms with Gasteiger partial charge in [0.25, 0.3) is 5.91 Å². The molecule has 1 saturated heterocycles. The Morgan fingerprint density at radius 2 is 1.65 bits per heavy atom. The molecule has 0 aromatic heterocycles. The molecular formula is C26H21BrCl2N2O3. The number of allylic oxidation sites excluding steroid dienone is 2. The summed E-state index contributed by atoms with van der Waals surface area (Å²) in [5, 5.41) is 0.612.